The molecule has 102 valence electrons. The van der Waals surface area contributed by atoms with E-state index in [2.05, 4.69) is 0 Å². The van der Waals surface area contributed by atoms with Crippen LogP contribution < -0.4 is 4.90 Å². The Morgan fingerprint density at radius 3 is 1.89 bits per heavy atom. The van der Waals surface area contributed by atoms with Crippen molar-refractivity contribution >= 4 is 5.69 Å². The summed E-state index contributed by atoms with van der Waals surface area (Å²) < 4.78 is 77.3. The van der Waals surface area contributed by atoms with E-state index < -0.39 is 34.9 Å². The van der Waals surface area contributed by atoms with E-state index in [4.69, 9.17) is 0 Å². The highest BCUT2D eigenvalue weighted by molar-refractivity contribution is 5.51. The molecule has 0 saturated carbocycles. The summed E-state index contributed by atoms with van der Waals surface area (Å²) in [4.78, 5) is 1.11. The number of halogens is 6. The van der Waals surface area contributed by atoms with Gasteiger partial charge in [0.15, 0.2) is 11.6 Å². The minimum Gasteiger partial charge on any atom is -0.367 e. The lowest BCUT2D eigenvalue weighted by atomic mass is 10.1. The van der Waals surface area contributed by atoms with Crippen LogP contribution in [0.15, 0.2) is 6.07 Å². The molecular formula is C11H11F6N. The van der Waals surface area contributed by atoms with Gasteiger partial charge in [-0.15, -0.1) is 0 Å². The van der Waals surface area contributed by atoms with Crippen molar-refractivity contribution in [2.45, 2.75) is 20.0 Å². The quantitative estimate of drug-likeness (QED) is 0.594. The lowest BCUT2D eigenvalue weighted by molar-refractivity contribution is -0.140. The van der Waals surface area contributed by atoms with Crippen molar-refractivity contribution in [3.8, 4) is 0 Å². The minimum atomic E-state index is -5.13. The zero-order valence-corrected chi connectivity index (χ0v) is 9.71. The van der Waals surface area contributed by atoms with E-state index in [1.54, 1.807) is 13.8 Å². The summed E-state index contributed by atoms with van der Waals surface area (Å²) in [6.07, 6.45) is -5.13. The molecule has 1 aromatic carbocycles. The number of benzene rings is 1. The highest BCUT2D eigenvalue weighted by Crippen LogP contribution is 2.36. The maximum Gasteiger partial charge on any atom is 0.419 e. The van der Waals surface area contributed by atoms with E-state index in [0.29, 0.717) is 0 Å². The minimum absolute atomic E-state index is 0.0218. The third-order valence-corrected chi connectivity index (χ3v) is 2.52. The van der Waals surface area contributed by atoms with Crippen LogP contribution in [0.1, 0.15) is 19.4 Å². The molecule has 0 amide bonds. The molecule has 0 aliphatic rings. The van der Waals surface area contributed by atoms with Gasteiger partial charge in [0.05, 0.1) is 5.56 Å². The van der Waals surface area contributed by atoms with E-state index in [-0.39, 0.29) is 19.2 Å². The first-order valence-corrected chi connectivity index (χ1v) is 5.23. The number of hydrogen-bond donors (Lipinski definition) is 0. The molecule has 7 heteroatoms. The second-order valence-electron chi connectivity index (χ2n) is 3.55. The summed E-state index contributed by atoms with van der Waals surface area (Å²) in [7, 11) is 0. The van der Waals surface area contributed by atoms with E-state index >= 15 is 0 Å². The molecule has 18 heavy (non-hydrogen) atoms. The average molecular weight is 271 g/mol. The van der Waals surface area contributed by atoms with Crippen molar-refractivity contribution in [1.29, 1.82) is 0 Å². The molecule has 0 unspecified atom stereocenters. The maximum atomic E-state index is 13.5. The molecule has 0 fully saturated rings. The van der Waals surface area contributed by atoms with Gasteiger partial charge in [-0.25, -0.2) is 13.2 Å². The average Bonchev–Trinajstić information content (AvgIpc) is 2.27. The van der Waals surface area contributed by atoms with Crippen LogP contribution in [-0.2, 0) is 6.18 Å². The van der Waals surface area contributed by atoms with Crippen LogP contribution in [-0.4, -0.2) is 13.1 Å². The molecule has 0 radical (unpaired) electrons. The number of rotatable bonds is 3. The summed E-state index contributed by atoms with van der Waals surface area (Å²) in [6, 6.07) is -0.0218. The number of nitrogens with zero attached hydrogens (tertiary/aromatic N) is 1. The van der Waals surface area contributed by atoms with Gasteiger partial charge in [-0.3, -0.25) is 0 Å². The molecule has 0 N–H and O–H groups in total. The van der Waals surface area contributed by atoms with Crippen LogP contribution in [0.4, 0.5) is 32.0 Å². The van der Waals surface area contributed by atoms with E-state index in [0.717, 1.165) is 4.90 Å². The predicted octanol–water partition coefficient (Wildman–Crippen LogP) is 3.97. The first-order valence-electron chi connectivity index (χ1n) is 5.23. The van der Waals surface area contributed by atoms with Gasteiger partial charge in [0.2, 0.25) is 0 Å². The van der Waals surface area contributed by atoms with Gasteiger partial charge in [-0.1, -0.05) is 0 Å². The zero-order chi connectivity index (χ0) is 14.1. The number of alkyl halides is 3. The topological polar surface area (TPSA) is 3.24 Å². The molecule has 0 aromatic heterocycles. The molecule has 0 spiro atoms. The molecule has 1 rings (SSSR count). The lowest BCUT2D eigenvalue weighted by Gasteiger charge is -2.23. The van der Waals surface area contributed by atoms with Gasteiger partial charge >= 0.3 is 6.18 Å². The Labute approximate surface area is 100 Å². The molecule has 1 nitrogen and oxygen atoms in total. The van der Waals surface area contributed by atoms with Crippen LogP contribution in [0, 0.1) is 17.5 Å². The van der Waals surface area contributed by atoms with Crippen LogP contribution >= 0.6 is 0 Å². The Hall–Kier alpha value is -1.40. The monoisotopic (exact) mass is 271 g/mol. The molecule has 0 bridgehead atoms. The SMILES string of the molecule is CCN(CC)c1c(F)cc(C(F)(F)F)c(F)c1F. The number of hydrogen-bond acceptors (Lipinski definition) is 1. The van der Waals surface area contributed by atoms with Crippen molar-refractivity contribution in [3.05, 3.63) is 29.1 Å². The van der Waals surface area contributed by atoms with Crippen molar-refractivity contribution < 1.29 is 26.3 Å². The van der Waals surface area contributed by atoms with Gasteiger partial charge in [0.1, 0.15) is 11.5 Å². The largest absolute Gasteiger partial charge is 0.419 e. The maximum absolute atomic E-state index is 13.5. The third-order valence-electron chi connectivity index (χ3n) is 2.52. The van der Waals surface area contributed by atoms with Crippen LogP contribution in [0.5, 0.6) is 0 Å². The van der Waals surface area contributed by atoms with Crippen LogP contribution in [0.2, 0.25) is 0 Å². The molecule has 0 aliphatic heterocycles. The van der Waals surface area contributed by atoms with Gasteiger partial charge in [0.25, 0.3) is 0 Å². The van der Waals surface area contributed by atoms with E-state index in [1.807, 2.05) is 0 Å². The van der Waals surface area contributed by atoms with Gasteiger partial charge < -0.3 is 4.90 Å². The van der Waals surface area contributed by atoms with Crippen LogP contribution in [0.25, 0.3) is 0 Å². The molecular weight excluding hydrogens is 260 g/mol. The van der Waals surface area contributed by atoms with Gasteiger partial charge in [-0.05, 0) is 19.9 Å². The fourth-order valence-electron chi connectivity index (χ4n) is 1.62. The summed E-state index contributed by atoms with van der Waals surface area (Å²) in [6.45, 7) is 3.40. The van der Waals surface area contributed by atoms with Crippen LogP contribution in [0.3, 0.4) is 0 Å². The Balaban J connectivity index is 3.47. The summed E-state index contributed by atoms with van der Waals surface area (Å²) in [5.41, 5.74) is -2.71. The first kappa shape index (κ1) is 14.7. The van der Waals surface area contributed by atoms with Crippen molar-refractivity contribution in [1.82, 2.24) is 0 Å². The van der Waals surface area contributed by atoms with Crippen molar-refractivity contribution in [2.24, 2.45) is 0 Å². The molecule has 1 aromatic rings. The Kier molecular flexibility index (Phi) is 4.13. The zero-order valence-electron chi connectivity index (χ0n) is 9.71. The Morgan fingerprint density at radius 1 is 1.00 bits per heavy atom. The summed E-state index contributed by atoms with van der Waals surface area (Å²) in [5, 5.41) is 0. The van der Waals surface area contributed by atoms with Gasteiger partial charge in [-0.2, -0.15) is 13.2 Å². The van der Waals surface area contributed by atoms with Crippen molar-refractivity contribution in [2.75, 3.05) is 18.0 Å². The molecule has 0 aliphatic carbocycles. The van der Waals surface area contributed by atoms with E-state index in [9.17, 15) is 26.3 Å². The smallest absolute Gasteiger partial charge is 0.367 e. The second kappa shape index (κ2) is 5.07. The summed E-state index contributed by atoms with van der Waals surface area (Å²) >= 11 is 0. The fourth-order valence-corrected chi connectivity index (χ4v) is 1.62. The lowest BCUT2D eigenvalue weighted by Crippen LogP contribution is -2.25. The fraction of sp³-hybridized carbons (Fsp3) is 0.455. The summed E-state index contributed by atoms with van der Waals surface area (Å²) in [5.74, 6) is -5.32. The second-order valence-corrected chi connectivity index (χ2v) is 3.55. The third kappa shape index (κ3) is 2.54. The number of anilines is 1. The standard InChI is InChI=1S/C11H11F6N/c1-3-18(4-2)10-7(12)5-6(11(15,16)17)8(13)9(10)14/h5H,3-4H2,1-2H3. The van der Waals surface area contributed by atoms with Crippen molar-refractivity contribution in [3.63, 3.8) is 0 Å². The van der Waals surface area contributed by atoms with Gasteiger partial charge in [0, 0.05) is 13.1 Å². The highest BCUT2D eigenvalue weighted by atomic mass is 19.4. The predicted molar refractivity (Wildman–Crippen MR) is 54.9 cm³/mol. The highest BCUT2D eigenvalue weighted by Gasteiger charge is 2.38. The van der Waals surface area contributed by atoms with E-state index in [1.165, 1.54) is 0 Å². The Morgan fingerprint density at radius 2 is 1.50 bits per heavy atom. The molecule has 0 atom stereocenters. The molecule has 0 heterocycles. The Bertz CT molecular complexity index is 436. The molecule has 0 saturated heterocycles. The normalized spacial score (nSPS) is 11.8. The first-order chi connectivity index (χ1) is 8.23.